The van der Waals surface area contributed by atoms with Gasteiger partial charge in [-0.1, -0.05) is 18.2 Å². The molecule has 142 valence electrons. The Balaban J connectivity index is 1.32. The first kappa shape index (κ1) is 18.2. The molecule has 0 saturated heterocycles. The van der Waals surface area contributed by atoms with Crippen molar-refractivity contribution in [1.82, 2.24) is 20.3 Å². The number of hydrogen-bond donors (Lipinski definition) is 3. The van der Waals surface area contributed by atoms with Crippen molar-refractivity contribution in [2.75, 3.05) is 11.9 Å². The number of para-hydroxylation sites is 1. The molecule has 2 aromatic carbocycles. The van der Waals surface area contributed by atoms with Crippen molar-refractivity contribution in [1.29, 1.82) is 5.26 Å². The molecule has 29 heavy (non-hydrogen) atoms. The minimum atomic E-state index is -0.262. The third-order valence-corrected chi connectivity index (χ3v) is 4.53. The molecule has 0 saturated carbocycles. The lowest BCUT2D eigenvalue weighted by molar-refractivity contribution is 0.0949. The highest BCUT2D eigenvalue weighted by Crippen LogP contribution is 2.18. The van der Waals surface area contributed by atoms with Gasteiger partial charge in [0.1, 0.15) is 11.5 Å². The van der Waals surface area contributed by atoms with Gasteiger partial charge in [-0.15, -0.1) is 0 Å². The van der Waals surface area contributed by atoms with Crippen LogP contribution in [0, 0.1) is 11.3 Å². The van der Waals surface area contributed by atoms with Crippen LogP contribution >= 0.6 is 0 Å². The molecule has 7 nitrogen and oxygen atoms in total. The van der Waals surface area contributed by atoms with Crippen LogP contribution in [0.3, 0.4) is 0 Å². The number of hydrogen-bond acceptors (Lipinski definition) is 5. The smallest absolute Gasteiger partial charge is 0.271 e. The van der Waals surface area contributed by atoms with Crippen molar-refractivity contribution >= 4 is 28.3 Å². The van der Waals surface area contributed by atoms with E-state index in [0.29, 0.717) is 17.9 Å². The molecular weight excluding hydrogens is 364 g/mol. The maximum atomic E-state index is 12.3. The van der Waals surface area contributed by atoms with E-state index < -0.39 is 0 Å². The van der Waals surface area contributed by atoms with E-state index in [2.05, 4.69) is 37.7 Å². The van der Waals surface area contributed by atoms with Gasteiger partial charge in [0.2, 0.25) is 0 Å². The van der Waals surface area contributed by atoms with Crippen molar-refractivity contribution in [3.05, 3.63) is 83.9 Å². The number of nitrogens with one attached hydrogen (secondary N) is 3. The lowest BCUT2D eigenvalue weighted by Crippen LogP contribution is -2.26. The molecule has 2 aromatic heterocycles. The molecule has 0 bridgehead atoms. The molecule has 4 rings (SSSR count). The van der Waals surface area contributed by atoms with E-state index in [0.717, 1.165) is 23.2 Å². The Morgan fingerprint density at radius 1 is 1.07 bits per heavy atom. The first-order valence-corrected chi connectivity index (χ1v) is 9.15. The first-order chi connectivity index (χ1) is 14.2. The molecule has 3 N–H and O–H groups in total. The van der Waals surface area contributed by atoms with Gasteiger partial charge in [-0.2, -0.15) is 5.26 Å². The van der Waals surface area contributed by atoms with Crippen LogP contribution in [0.2, 0.25) is 0 Å². The van der Waals surface area contributed by atoms with Gasteiger partial charge in [0.05, 0.1) is 24.0 Å². The summed E-state index contributed by atoms with van der Waals surface area (Å²) in [5.74, 6) is 0.257. The SMILES string of the molecule is N#Cc1ccc(Nc2cnc(C(=O)NCCc3c[nH]c4ccccc34)cn2)cc1. The van der Waals surface area contributed by atoms with Gasteiger partial charge in [-0.25, -0.2) is 9.97 Å². The first-order valence-electron chi connectivity index (χ1n) is 9.15. The summed E-state index contributed by atoms with van der Waals surface area (Å²) in [6.07, 6.45) is 5.64. The molecule has 0 aliphatic carbocycles. The highest BCUT2D eigenvalue weighted by Gasteiger charge is 2.09. The number of nitriles is 1. The molecule has 0 atom stereocenters. The lowest BCUT2D eigenvalue weighted by Gasteiger charge is -2.07. The van der Waals surface area contributed by atoms with Crippen molar-refractivity contribution in [2.45, 2.75) is 6.42 Å². The second kappa shape index (κ2) is 8.23. The average molecular weight is 382 g/mol. The second-order valence-electron chi connectivity index (χ2n) is 6.47. The number of aromatic amines is 1. The number of amides is 1. The van der Waals surface area contributed by atoms with Gasteiger partial charge in [-0.3, -0.25) is 4.79 Å². The second-order valence-corrected chi connectivity index (χ2v) is 6.47. The zero-order chi connectivity index (χ0) is 20.1. The van der Waals surface area contributed by atoms with Gasteiger partial charge < -0.3 is 15.6 Å². The molecule has 0 aliphatic rings. The van der Waals surface area contributed by atoms with Crippen LogP contribution in [0.25, 0.3) is 10.9 Å². The summed E-state index contributed by atoms with van der Waals surface area (Å²) in [4.78, 5) is 23.9. The fraction of sp³-hybridized carbons (Fsp3) is 0.0909. The van der Waals surface area contributed by atoms with E-state index in [-0.39, 0.29) is 11.6 Å². The molecule has 2 heterocycles. The number of H-pyrrole nitrogens is 1. The summed E-state index contributed by atoms with van der Waals surface area (Å²) in [7, 11) is 0. The molecule has 4 aromatic rings. The van der Waals surface area contributed by atoms with E-state index in [9.17, 15) is 4.79 Å². The summed E-state index contributed by atoms with van der Waals surface area (Å²) in [5, 5.41) is 16.0. The molecule has 7 heteroatoms. The molecule has 0 fully saturated rings. The predicted molar refractivity (Wildman–Crippen MR) is 111 cm³/mol. The minimum Gasteiger partial charge on any atom is -0.361 e. The molecule has 0 radical (unpaired) electrons. The number of nitrogens with zero attached hydrogens (tertiary/aromatic N) is 3. The van der Waals surface area contributed by atoms with Crippen LogP contribution in [0.15, 0.2) is 67.1 Å². The third kappa shape index (κ3) is 4.22. The Labute approximate surface area is 167 Å². The summed E-state index contributed by atoms with van der Waals surface area (Å²) in [6, 6.07) is 17.1. The summed E-state index contributed by atoms with van der Waals surface area (Å²) < 4.78 is 0. The standard InChI is InChI=1S/C22H18N6O/c23-11-15-5-7-17(8-6-15)28-21-14-26-20(13-27-21)22(29)24-10-9-16-12-25-19-4-2-1-3-18(16)19/h1-8,12-14,25H,9-10H2,(H,24,29)(H,27,28). The number of benzene rings is 2. The average Bonchev–Trinajstić information content (AvgIpc) is 3.18. The maximum absolute atomic E-state index is 12.3. The fourth-order valence-electron chi connectivity index (χ4n) is 3.03. The zero-order valence-electron chi connectivity index (χ0n) is 15.5. The topological polar surface area (TPSA) is 106 Å². The van der Waals surface area contributed by atoms with Gasteiger partial charge >= 0.3 is 0 Å². The monoisotopic (exact) mass is 382 g/mol. The van der Waals surface area contributed by atoms with E-state index >= 15 is 0 Å². The molecule has 0 spiro atoms. The van der Waals surface area contributed by atoms with Crippen LogP contribution in [0.5, 0.6) is 0 Å². The van der Waals surface area contributed by atoms with Crippen LogP contribution in [0.1, 0.15) is 21.6 Å². The highest BCUT2D eigenvalue weighted by molar-refractivity contribution is 5.92. The zero-order valence-corrected chi connectivity index (χ0v) is 15.5. The predicted octanol–water partition coefficient (Wildman–Crippen LogP) is 3.55. The molecule has 0 aliphatic heterocycles. The van der Waals surface area contributed by atoms with Crippen molar-refractivity contribution in [2.24, 2.45) is 0 Å². The largest absolute Gasteiger partial charge is 0.361 e. The molecular formula is C22H18N6O. The summed E-state index contributed by atoms with van der Waals surface area (Å²) in [6.45, 7) is 0.508. The third-order valence-electron chi connectivity index (χ3n) is 4.53. The van der Waals surface area contributed by atoms with E-state index in [1.807, 2.05) is 24.4 Å². The number of fused-ring (bicyclic) bond motifs is 1. The van der Waals surface area contributed by atoms with Crippen LogP contribution in [-0.2, 0) is 6.42 Å². The molecule has 0 unspecified atom stereocenters. The van der Waals surface area contributed by atoms with Gasteiger partial charge in [0, 0.05) is 29.3 Å². The number of carbonyl (C=O) groups is 1. The van der Waals surface area contributed by atoms with Crippen molar-refractivity contribution in [3.63, 3.8) is 0 Å². The lowest BCUT2D eigenvalue weighted by atomic mass is 10.1. The van der Waals surface area contributed by atoms with Gasteiger partial charge in [-0.05, 0) is 42.3 Å². The Morgan fingerprint density at radius 2 is 1.90 bits per heavy atom. The van der Waals surface area contributed by atoms with Gasteiger partial charge in [0.15, 0.2) is 0 Å². The highest BCUT2D eigenvalue weighted by atomic mass is 16.1. The van der Waals surface area contributed by atoms with Crippen LogP contribution in [0.4, 0.5) is 11.5 Å². The molecule has 1 amide bonds. The number of carbonyl (C=O) groups excluding carboxylic acids is 1. The number of anilines is 2. The normalized spacial score (nSPS) is 10.4. The minimum absolute atomic E-state index is 0.259. The Morgan fingerprint density at radius 3 is 2.66 bits per heavy atom. The maximum Gasteiger partial charge on any atom is 0.271 e. The Bertz CT molecular complexity index is 1170. The summed E-state index contributed by atoms with van der Waals surface area (Å²) in [5.41, 5.74) is 3.88. The van der Waals surface area contributed by atoms with E-state index in [1.54, 1.807) is 24.3 Å². The Hall–Kier alpha value is -4.18. The Kier molecular flexibility index (Phi) is 5.16. The quantitative estimate of drug-likeness (QED) is 0.473. The van der Waals surface area contributed by atoms with E-state index in [1.165, 1.54) is 17.8 Å². The van der Waals surface area contributed by atoms with Crippen LogP contribution < -0.4 is 10.6 Å². The fourth-order valence-corrected chi connectivity index (χ4v) is 3.03. The number of aromatic nitrogens is 3. The number of rotatable bonds is 6. The van der Waals surface area contributed by atoms with Crippen molar-refractivity contribution in [3.8, 4) is 6.07 Å². The van der Waals surface area contributed by atoms with Crippen LogP contribution in [-0.4, -0.2) is 27.4 Å². The van der Waals surface area contributed by atoms with Crippen molar-refractivity contribution < 1.29 is 4.79 Å². The van der Waals surface area contributed by atoms with E-state index in [4.69, 9.17) is 5.26 Å². The van der Waals surface area contributed by atoms with Gasteiger partial charge in [0.25, 0.3) is 5.91 Å². The summed E-state index contributed by atoms with van der Waals surface area (Å²) >= 11 is 0.